The molecule has 0 saturated carbocycles. The number of piperazine rings is 1. The van der Waals surface area contributed by atoms with Gasteiger partial charge in [-0.3, -0.25) is 4.79 Å². The number of methoxy groups -OCH3 is 1. The third-order valence-corrected chi connectivity index (χ3v) is 7.99. The highest BCUT2D eigenvalue weighted by Crippen LogP contribution is 2.31. The Morgan fingerprint density at radius 3 is 2.07 bits per heavy atom. The molecule has 4 rings (SSSR count). The van der Waals surface area contributed by atoms with Crippen molar-refractivity contribution in [3.05, 3.63) is 77.9 Å². The Hall–Kier alpha value is -4.24. The average Bonchev–Trinajstić information content (AvgIpc) is 3.03. The van der Waals surface area contributed by atoms with Crippen molar-refractivity contribution in [3.8, 4) is 5.75 Å². The number of nitrogens with one attached hydrogen (secondary N) is 3. The molecule has 230 valence electrons. The Balaban J connectivity index is 1.49. The van der Waals surface area contributed by atoms with Crippen LogP contribution in [0.5, 0.6) is 5.75 Å². The molecule has 0 unspecified atom stereocenters. The quantitative estimate of drug-likeness (QED) is 0.246. The minimum absolute atomic E-state index is 0.150. The second-order valence-electron chi connectivity index (χ2n) is 11.0. The molecule has 1 heterocycles. The Morgan fingerprint density at radius 1 is 0.837 bits per heavy atom. The molecular weight excluding hydrogens is 540 g/mol. The van der Waals surface area contributed by atoms with Gasteiger partial charge in [-0.25, -0.2) is 4.79 Å². The van der Waals surface area contributed by atoms with E-state index in [1.54, 1.807) is 13.2 Å². The standard InChI is InChI=1S/C34H46N6O3/c1-6-38(7-2)19-18-35-33(41)29-24-28(37-34(42)36-27-14-12-26(13-15-27)25(3)4)16-17-30(29)39-20-22-40(23-21-39)31-10-8-9-11-32(31)43-5/h8-17,24-25H,6-7,18-23H2,1-5H3,(H,35,41)(H2,36,37,42). The van der Waals surface area contributed by atoms with Gasteiger partial charge in [-0.1, -0.05) is 52.0 Å². The van der Waals surface area contributed by atoms with E-state index < -0.39 is 0 Å². The van der Waals surface area contributed by atoms with E-state index in [2.05, 4.69) is 64.4 Å². The molecule has 1 fully saturated rings. The number of rotatable bonds is 12. The summed E-state index contributed by atoms with van der Waals surface area (Å²) in [5, 5.41) is 8.90. The molecule has 0 aromatic heterocycles. The maximum Gasteiger partial charge on any atom is 0.323 e. The predicted molar refractivity (Wildman–Crippen MR) is 177 cm³/mol. The SMILES string of the molecule is CCN(CC)CCNC(=O)c1cc(NC(=O)Nc2ccc(C(C)C)cc2)ccc1N1CCN(c2ccccc2OC)CC1. The number of ether oxygens (including phenoxy) is 1. The summed E-state index contributed by atoms with van der Waals surface area (Å²) in [6, 6.07) is 21.1. The molecule has 0 spiro atoms. The summed E-state index contributed by atoms with van der Waals surface area (Å²) in [6.45, 7) is 14.8. The Labute approximate surface area is 256 Å². The largest absolute Gasteiger partial charge is 0.495 e. The van der Waals surface area contributed by atoms with Crippen LogP contribution in [0, 0.1) is 0 Å². The van der Waals surface area contributed by atoms with Crippen molar-refractivity contribution in [3.63, 3.8) is 0 Å². The highest BCUT2D eigenvalue weighted by Gasteiger charge is 2.24. The highest BCUT2D eigenvalue weighted by molar-refractivity contribution is 6.04. The molecule has 9 nitrogen and oxygen atoms in total. The normalized spacial score (nSPS) is 13.3. The first-order chi connectivity index (χ1) is 20.8. The maximum absolute atomic E-state index is 13.5. The van der Waals surface area contributed by atoms with Gasteiger partial charge in [0, 0.05) is 56.3 Å². The second kappa shape index (κ2) is 15.3. The van der Waals surface area contributed by atoms with E-state index in [-0.39, 0.29) is 11.9 Å². The first kappa shape index (κ1) is 31.7. The number of carbonyl (C=O) groups excluding carboxylic acids is 2. The van der Waals surface area contributed by atoms with Gasteiger partial charge >= 0.3 is 6.03 Å². The van der Waals surface area contributed by atoms with Crippen LogP contribution < -0.4 is 30.5 Å². The topological polar surface area (TPSA) is 89.2 Å². The summed E-state index contributed by atoms with van der Waals surface area (Å²) < 4.78 is 5.58. The molecule has 0 atom stereocenters. The molecule has 1 aliphatic rings. The lowest BCUT2D eigenvalue weighted by molar-refractivity contribution is 0.0949. The van der Waals surface area contributed by atoms with Gasteiger partial charge in [0.15, 0.2) is 0 Å². The van der Waals surface area contributed by atoms with Gasteiger partial charge < -0.3 is 35.4 Å². The monoisotopic (exact) mass is 586 g/mol. The predicted octanol–water partition coefficient (Wildman–Crippen LogP) is 5.86. The first-order valence-electron chi connectivity index (χ1n) is 15.3. The fourth-order valence-corrected chi connectivity index (χ4v) is 5.36. The number of amides is 3. The molecule has 3 aromatic rings. The van der Waals surface area contributed by atoms with Gasteiger partial charge in [0.05, 0.1) is 18.4 Å². The fraction of sp³-hybridized carbons (Fsp3) is 0.412. The number of nitrogens with zero attached hydrogens (tertiary/aromatic N) is 3. The Morgan fingerprint density at radius 2 is 1.44 bits per heavy atom. The zero-order valence-electron chi connectivity index (χ0n) is 26.2. The van der Waals surface area contributed by atoms with Crippen LogP contribution in [0.2, 0.25) is 0 Å². The van der Waals surface area contributed by atoms with Gasteiger partial charge in [-0.15, -0.1) is 0 Å². The van der Waals surface area contributed by atoms with Crippen LogP contribution in [-0.4, -0.2) is 76.3 Å². The third-order valence-electron chi connectivity index (χ3n) is 7.99. The third kappa shape index (κ3) is 8.41. The molecule has 43 heavy (non-hydrogen) atoms. The van der Waals surface area contributed by atoms with Crippen LogP contribution in [0.1, 0.15) is 49.5 Å². The zero-order valence-corrected chi connectivity index (χ0v) is 26.2. The summed E-state index contributed by atoms with van der Waals surface area (Å²) in [5.41, 5.74) is 4.95. The lowest BCUT2D eigenvalue weighted by atomic mass is 10.0. The van der Waals surface area contributed by atoms with Gasteiger partial charge in [-0.05, 0) is 67.0 Å². The molecule has 9 heteroatoms. The summed E-state index contributed by atoms with van der Waals surface area (Å²) in [7, 11) is 1.69. The number of urea groups is 1. The molecular formula is C34H46N6O3. The highest BCUT2D eigenvalue weighted by atomic mass is 16.5. The summed E-state index contributed by atoms with van der Waals surface area (Å²) in [6.07, 6.45) is 0. The van der Waals surface area contributed by atoms with E-state index in [1.807, 2.05) is 54.6 Å². The maximum atomic E-state index is 13.5. The number of para-hydroxylation sites is 2. The van der Waals surface area contributed by atoms with Crippen molar-refractivity contribution in [1.82, 2.24) is 10.2 Å². The number of likely N-dealkylation sites (N-methyl/N-ethyl adjacent to an activating group) is 1. The van der Waals surface area contributed by atoms with Crippen LogP contribution in [0.3, 0.4) is 0 Å². The Bertz CT molecular complexity index is 1350. The molecule has 3 amide bonds. The molecule has 0 radical (unpaired) electrons. The Kier molecular flexibility index (Phi) is 11.3. The van der Waals surface area contributed by atoms with Crippen LogP contribution in [0.25, 0.3) is 0 Å². The van der Waals surface area contributed by atoms with Crippen molar-refractivity contribution in [2.24, 2.45) is 0 Å². The fourth-order valence-electron chi connectivity index (χ4n) is 5.36. The number of benzene rings is 3. The number of carbonyl (C=O) groups is 2. The van der Waals surface area contributed by atoms with Gasteiger partial charge in [0.2, 0.25) is 0 Å². The smallest absolute Gasteiger partial charge is 0.323 e. The van der Waals surface area contributed by atoms with E-state index in [1.165, 1.54) is 5.56 Å². The van der Waals surface area contributed by atoms with E-state index in [0.717, 1.165) is 62.9 Å². The minimum Gasteiger partial charge on any atom is -0.495 e. The van der Waals surface area contributed by atoms with Crippen molar-refractivity contribution >= 4 is 34.7 Å². The minimum atomic E-state index is -0.358. The molecule has 3 N–H and O–H groups in total. The van der Waals surface area contributed by atoms with Crippen molar-refractivity contribution in [2.75, 3.05) is 79.9 Å². The van der Waals surface area contributed by atoms with E-state index in [4.69, 9.17) is 4.74 Å². The molecule has 0 aliphatic carbocycles. The van der Waals surface area contributed by atoms with Gasteiger partial charge in [-0.2, -0.15) is 0 Å². The molecule has 1 saturated heterocycles. The summed E-state index contributed by atoms with van der Waals surface area (Å²) in [5.74, 6) is 1.12. The van der Waals surface area contributed by atoms with Crippen LogP contribution >= 0.6 is 0 Å². The molecule has 0 bridgehead atoms. The van der Waals surface area contributed by atoms with Crippen molar-refractivity contribution in [2.45, 2.75) is 33.6 Å². The van der Waals surface area contributed by atoms with Crippen molar-refractivity contribution < 1.29 is 14.3 Å². The first-order valence-corrected chi connectivity index (χ1v) is 15.3. The van der Waals surface area contributed by atoms with Crippen LogP contribution in [0.15, 0.2) is 66.7 Å². The lowest BCUT2D eigenvalue weighted by Gasteiger charge is -2.38. The van der Waals surface area contributed by atoms with Crippen LogP contribution in [-0.2, 0) is 0 Å². The molecule has 1 aliphatic heterocycles. The van der Waals surface area contributed by atoms with E-state index >= 15 is 0 Å². The van der Waals surface area contributed by atoms with Gasteiger partial charge in [0.1, 0.15) is 5.75 Å². The second-order valence-corrected chi connectivity index (χ2v) is 11.0. The number of hydrogen-bond donors (Lipinski definition) is 3. The van der Waals surface area contributed by atoms with E-state index in [0.29, 0.717) is 29.4 Å². The average molecular weight is 587 g/mol. The summed E-state index contributed by atoms with van der Waals surface area (Å²) in [4.78, 5) is 33.2. The zero-order chi connectivity index (χ0) is 30.8. The lowest BCUT2D eigenvalue weighted by Crippen LogP contribution is -2.47. The molecule has 3 aromatic carbocycles. The summed E-state index contributed by atoms with van der Waals surface area (Å²) >= 11 is 0. The van der Waals surface area contributed by atoms with E-state index in [9.17, 15) is 9.59 Å². The van der Waals surface area contributed by atoms with Crippen LogP contribution in [0.4, 0.5) is 27.5 Å². The number of anilines is 4. The number of hydrogen-bond acceptors (Lipinski definition) is 6. The van der Waals surface area contributed by atoms with Gasteiger partial charge in [0.25, 0.3) is 5.91 Å². The van der Waals surface area contributed by atoms with Crippen molar-refractivity contribution in [1.29, 1.82) is 0 Å².